The molecule has 124 valence electrons. The van der Waals surface area contributed by atoms with Crippen LogP contribution < -0.4 is 0 Å². The Balaban J connectivity index is 1.39. The van der Waals surface area contributed by atoms with E-state index in [4.69, 9.17) is 0 Å². The second kappa shape index (κ2) is 5.82. The van der Waals surface area contributed by atoms with Crippen LogP contribution in [0.25, 0.3) is 5.57 Å². The Morgan fingerprint density at radius 2 is 2.08 bits per heavy atom. The number of hydrogen-bond acceptors (Lipinski definition) is 3. The highest BCUT2D eigenvalue weighted by molar-refractivity contribution is 5.84. The van der Waals surface area contributed by atoms with Crippen LogP contribution in [0.5, 0.6) is 5.75 Å². The molecule has 1 aromatic carbocycles. The van der Waals surface area contributed by atoms with Crippen LogP contribution in [0.15, 0.2) is 42.7 Å². The third-order valence-electron chi connectivity index (χ3n) is 5.02. The van der Waals surface area contributed by atoms with Crippen molar-refractivity contribution in [3.63, 3.8) is 0 Å². The lowest BCUT2D eigenvalue weighted by Gasteiger charge is -2.27. The normalized spacial score (nSPS) is 23.0. The Kier molecular flexibility index (Phi) is 3.63. The van der Waals surface area contributed by atoms with Crippen LogP contribution in [-0.2, 0) is 11.8 Å². The van der Waals surface area contributed by atoms with E-state index in [2.05, 4.69) is 11.2 Å². The summed E-state index contributed by atoms with van der Waals surface area (Å²) in [5.74, 6) is 1.01. The number of carbonyl (C=O) groups is 1. The summed E-state index contributed by atoms with van der Waals surface area (Å²) in [5, 5.41) is 13.6. The van der Waals surface area contributed by atoms with Gasteiger partial charge < -0.3 is 10.0 Å². The van der Waals surface area contributed by atoms with Crippen LogP contribution in [0.2, 0.25) is 0 Å². The lowest BCUT2D eigenvalue weighted by molar-refractivity contribution is -0.132. The van der Waals surface area contributed by atoms with Crippen LogP contribution in [0.1, 0.15) is 29.9 Å². The third kappa shape index (κ3) is 2.82. The molecule has 1 aromatic heterocycles. The second-order valence-electron chi connectivity index (χ2n) is 6.71. The van der Waals surface area contributed by atoms with E-state index in [0.29, 0.717) is 12.5 Å². The quantitative estimate of drug-likeness (QED) is 0.944. The maximum Gasteiger partial charge on any atom is 0.226 e. The topological polar surface area (TPSA) is 58.4 Å². The summed E-state index contributed by atoms with van der Waals surface area (Å²) in [7, 11) is 1.91. The summed E-state index contributed by atoms with van der Waals surface area (Å²) < 4.78 is 1.79. The van der Waals surface area contributed by atoms with Crippen molar-refractivity contribution in [1.82, 2.24) is 14.7 Å². The van der Waals surface area contributed by atoms with E-state index in [1.807, 2.05) is 36.5 Å². The zero-order valence-corrected chi connectivity index (χ0v) is 13.7. The molecule has 2 aromatic rings. The minimum absolute atomic E-state index is 0.123. The summed E-state index contributed by atoms with van der Waals surface area (Å²) in [4.78, 5) is 14.6. The van der Waals surface area contributed by atoms with Gasteiger partial charge in [0.2, 0.25) is 5.91 Å². The summed E-state index contributed by atoms with van der Waals surface area (Å²) in [6.07, 6.45) is 7.82. The number of hydrogen-bond donors (Lipinski definition) is 1. The molecule has 0 spiro atoms. The number of carbonyl (C=O) groups excluding carboxylic acids is 1. The predicted octanol–water partition coefficient (Wildman–Crippen LogP) is 2.55. The molecule has 0 unspecified atom stereocenters. The minimum Gasteiger partial charge on any atom is -0.508 e. The molecule has 2 heterocycles. The first-order valence-corrected chi connectivity index (χ1v) is 8.37. The summed E-state index contributed by atoms with van der Waals surface area (Å²) >= 11 is 0. The third-order valence-corrected chi connectivity index (χ3v) is 5.02. The predicted molar refractivity (Wildman–Crippen MR) is 91.3 cm³/mol. The van der Waals surface area contributed by atoms with Gasteiger partial charge in [0.05, 0.1) is 6.20 Å². The van der Waals surface area contributed by atoms with Gasteiger partial charge in [-0.05, 0) is 47.6 Å². The molecule has 5 nitrogen and oxygen atoms in total. The van der Waals surface area contributed by atoms with Crippen LogP contribution in [-0.4, -0.2) is 38.8 Å². The highest BCUT2D eigenvalue weighted by Crippen LogP contribution is 2.48. The number of rotatable bonds is 3. The fourth-order valence-corrected chi connectivity index (χ4v) is 3.51. The molecular formula is C19H21N3O2. The fraction of sp³-hybridized carbons (Fsp3) is 0.368. The maximum atomic E-state index is 12.7. The van der Waals surface area contributed by atoms with Gasteiger partial charge >= 0.3 is 0 Å². The molecule has 2 aliphatic rings. The Hall–Kier alpha value is -2.56. The molecular weight excluding hydrogens is 302 g/mol. The Labute approximate surface area is 141 Å². The summed E-state index contributed by atoms with van der Waals surface area (Å²) in [6, 6.07) is 7.27. The van der Waals surface area contributed by atoms with Crippen LogP contribution in [0, 0.1) is 5.92 Å². The smallest absolute Gasteiger partial charge is 0.226 e. The van der Waals surface area contributed by atoms with Crippen LogP contribution >= 0.6 is 0 Å². The molecule has 1 N–H and O–H groups in total. The molecule has 1 fully saturated rings. The van der Waals surface area contributed by atoms with E-state index in [0.717, 1.165) is 24.9 Å². The lowest BCUT2D eigenvalue weighted by Crippen LogP contribution is -2.36. The Morgan fingerprint density at radius 3 is 2.71 bits per heavy atom. The van der Waals surface area contributed by atoms with Crippen molar-refractivity contribution >= 4 is 11.5 Å². The van der Waals surface area contributed by atoms with E-state index in [9.17, 15) is 9.90 Å². The number of phenolic OH excluding ortho intramolecular Hbond substituents is 1. The minimum atomic E-state index is 0.123. The first-order valence-electron chi connectivity index (χ1n) is 8.37. The van der Waals surface area contributed by atoms with E-state index < -0.39 is 0 Å². The van der Waals surface area contributed by atoms with E-state index >= 15 is 0 Å². The van der Waals surface area contributed by atoms with E-state index in [1.165, 1.54) is 11.1 Å². The van der Waals surface area contributed by atoms with Gasteiger partial charge in [-0.3, -0.25) is 9.48 Å². The Bertz CT molecular complexity index is 791. The first-order chi connectivity index (χ1) is 11.6. The molecule has 5 heteroatoms. The highest BCUT2D eigenvalue weighted by Gasteiger charge is 2.46. The molecule has 0 radical (unpaired) electrons. The van der Waals surface area contributed by atoms with E-state index in [-0.39, 0.29) is 17.6 Å². The zero-order chi connectivity index (χ0) is 16.7. The average Bonchev–Trinajstić information content (AvgIpc) is 3.29. The van der Waals surface area contributed by atoms with Gasteiger partial charge in [0.25, 0.3) is 0 Å². The van der Waals surface area contributed by atoms with Crippen molar-refractivity contribution in [3.8, 4) is 5.75 Å². The molecule has 1 aliphatic carbocycles. The number of benzene rings is 1. The average molecular weight is 323 g/mol. The molecule has 1 aliphatic heterocycles. The molecule has 24 heavy (non-hydrogen) atoms. The number of aromatic nitrogens is 2. The Morgan fingerprint density at radius 1 is 1.29 bits per heavy atom. The molecule has 1 saturated carbocycles. The maximum absolute atomic E-state index is 12.7. The summed E-state index contributed by atoms with van der Waals surface area (Å²) in [6.45, 7) is 1.44. The van der Waals surface area contributed by atoms with Crippen LogP contribution in [0.4, 0.5) is 0 Å². The molecule has 4 rings (SSSR count). The van der Waals surface area contributed by atoms with Gasteiger partial charge in [-0.15, -0.1) is 0 Å². The lowest BCUT2D eigenvalue weighted by atomic mass is 9.99. The summed E-state index contributed by atoms with van der Waals surface area (Å²) in [5.41, 5.74) is 3.55. The molecule has 0 bridgehead atoms. The van der Waals surface area contributed by atoms with Gasteiger partial charge in [-0.1, -0.05) is 18.2 Å². The highest BCUT2D eigenvalue weighted by atomic mass is 16.3. The molecule has 2 atom stereocenters. The molecule has 1 amide bonds. The van der Waals surface area contributed by atoms with Gasteiger partial charge in [0, 0.05) is 32.3 Å². The molecule has 0 saturated heterocycles. The number of amides is 1. The standard InChI is InChI=1S/C19H21N3O2/c1-21-12-15(11-20-21)17-10-18(17)19(24)22-8-6-14(7-9-22)13-2-4-16(23)5-3-13/h2-6,11-12,17-18,23H,7-10H2,1H3/t17-,18-/m1/s1. The fourth-order valence-electron chi connectivity index (χ4n) is 3.51. The number of phenols is 1. The van der Waals surface area contributed by atoms with Gasteiger partial charge in [-0.2, -0.15) is 5.10 Å². The largest absolute Gasteiger partial charge is 0.508 e. The van der Waals surface area contributed by atoms with Gasteiger partial charge in [0.15, 0.2) is 0 Å². The first kappa shape index (κ1) is 15.0. The number of aromatic hydroxyl groups is 1. The SMILES string of the molecule is Cn1cc([C@H]2C[C@H]2C(=O)N2CC=C(c3ccc(O)cc3)CC2)cn1. The number of nitrogens with zero attached hydrogens (tertiary/aromatic N) is 3. The van der Waals surface area contributed by atoms with Crippen molar-refractivity contribution in [2.24, 2.45) is 13.0 Å². The van der Waals surface area contributed by atoms with Crippen molar-refractivity contribution < 1.29 is 9.90 Å². The van der Waals surface area contributed by atoms with Crippen LogP contribution in [0.3, 0.4) is 0 Å². The van der Waals surface area contributed by atoms with Gasteiger partial charge in [-0.25, -0.2) is 0 Å². The van der Waals surface area contributed by atoms with Gasteiger partial charge in [0.1, 0.15) is 5.75 Å². The van der Waals surface area contributed by atoms with Crippen molar-refractivity contribution in [1.29, 1.82) is 0 Å². The zero-order valence-electron chi connectivity index (χ0n) is 13.7. The van der Waals surface area contributed by atoms with E-state index in [1.54, 1.807) is 16.8 Å². The van der Waals surface area contributed by atoms with Crippen molar-refractivity contribution in [3.05, 3.63) is 53.9 Å². The van der Waals surface area contributed by atoms with Crippen molar-refractivity contribution in [2.45, 2.75) is 18.8 Å². The monoisotopic (exact) mass is 323 g/mol. The van der Waals surface area contributed by atoms with Crippen molar-refractivity contribution in [2.75, 3.05) is 13.1 Å². The number of aryl methyl sites for hydroxylation is 1. The second-order valence-corrected chi connectivity index (χ2v) is 6.71.